The Morgan fingerprint density at radius 2 is 0.756 bits per heavy atom. The normalized spacial score (nSPS) is 11.4. The maximum absolute atomic E-state index is 8.37. The summed E-state index contributed by atoms with van der Waals surface area (Å²) in [5, 5.41) is 81.2. The molecule has 3 aliphatic rings. The molecule has 2 aliphatic carbocycles. The van der Waals surface area contributed by atoms with Crippen LogP contribution in [-0.4, -0.2) is 241 Å². The van der Waals surface area contributed by atoms with Crippen LogP contribution in [-0.2, 0) is 0 Å². The molecule has 0 spiro atoms. The van der Waals surface area contributed by atoms with E-state index < -0.39 is 0 Å². The number of thiocarbonyl (C=S) groups is 12. The van der Waals surface area contributed by atoms with Gasteiger partial charge >= 0.3 is 0 Å². The summed E-state index contributed by atoms with van der Waals surface area (Å²) in [5.74, 6) is 0. The number of nitrogens with zero attached hydrogens (tertiary/aromatic N) is 3. The smallest absolute Gasteiger partial charge is 0.175 e. The van der Waals surface area contributed by atoms with Crippen LogP contribution >= 0.6 is 147 Å². The number of anilines is 4. The van der Waals surface area contributed by atoms with Crippen LogP contribution in [0.2, 0.25) is 0 Å². The lowest BCUT2D eigenvalue weighted by Crippen LogP contribution is -2.47. The molecule has 4 aromatic carbocycles. The number of hydrogen-bond donors (Lipinski definition) is 22. The van der Waals surface area contributed by atoms with Crippen LogP contribution in [0.25, 0.3) is 0 Å². The molecule has 22 N–H and O–H groups in total. The third-order valence-corrected chi connectivity index (χ3v) is 20.3. The molecule has 1 saturated heterocycles. The molecular weight excluding hydrogens is 1820 g/mol. The van der Waals surface area contributed by atoms with Gasteiger partial charge in [0.25, 0.3) is 0 Å². The van der Waals surface area contributed by atoms with Crippen LogP contribution in [0, 0.1) is 13.8 Å². The number of hydrogen-bond acceptors (Lipinski definition) is 13. The van der Waals surface area contributed by atoms with E-state index in [0.29, 0.717) is 57.7 Å². The van der Waals surface area contributed by atoms with Gasteiger partial charge in [0, 0.05) is 176 Å². The summed E-state index contributed by atoms with van der Waals surface area (Å²) in [6.07, 6.45) is 22.2. The Hall–Kier alpha value is -7.14. The number of benzene rings is 4. The minimum atomic E-state index is 0.0932. The molecule has 37 heteroatoms. The van der Waals surface area contributed by atoms with Crippen LogP contribution in [0.5, 0.6) is 0 Å². The van der Waals surface area contributed by atoms with Gasteiger partial charge in [-0.25, -0.2) is 0 Å². The minimum Gasteiger partial charge on any atom is -0.395 e. The third kappa shape index (κ3) is 87.9. The molecule has 25 nitrogen and oxygen atoms in total. The van der Waals surface area contributed by atoms with Crippen LogP contribution in [0.3, 0.4) is 0 Å². The van der Waals surface area contributed by atoms with Crippen molar-refractivity contribution in [1.82, 2.24) is 105 Å². The predicted octanol–water partition coefficient (Wildman–Crippen LogP) is 15.1. The molecule has 722 valence electrons. The fourth-order valence-corrected chi connectivity index (χ4v) is 12.2. The van der Waals surface area contributed by atoms with Crippen molar-refractivity contribution in [2.75, 3.05) is 157 Å². The van der Waals surface area contributed by atoms with Crippen LogP contribution in [0.4, 0.5) is 22.7 Å². The molecule has 7 rings (SSSR count). The van der Waals surface area contributed by atoms with Crippen LogP contribution < -0.4 is 112 Å². The molecule has 1 aliphatic heterocycles. The Morgan fingerprint density at radius 3 is 1.03 bits per heavy atom. The van der Waals surface area contributed by atoms with Crippen molar-refractivity contribution in [3.8, 4) is 0 Å². The number of aliphatic hydroxyl groups is 1. The van der Waals surface area contributed by atoms with Crippen molar-refractivity contribution in [2.24, 2.45) is 0 Å². The van der Waals surface area contributed by atoms with Gasteiger partial charge in [0.05, 0.1) is 6.61 Å². The SMILES string of the molecule is C=CCNC(=S)NCCO.CC(C)NC(=S)NC(C)C.CCCCNC(=S)NCCCC.CCCNC(=S)NCCC.CCNC(=S)NCC.CN(C)C(=S)N(C)C.CNC(=S)N(C)C.CNC(=S)NC.Cc1ccccc1NC(=S)Nc1ccccc1C.S=C(NC1CCCCC1)NC1CCCCC1.S=C(Nc1ccccc1)Nc1ccccc1.S=C1NCCN1. The summed E-state index contributed by atoms with van der Waals surface area (Å²) in [7, 11) is 16.9. The topological polar surface area (TPSA) is 283 Å². The van der Waals surface area contributed by atoms with E-state index in [1.807, 2.05) is 175 Å². The van der Waals surface area contributed by atoms with Crippen molar-refractivity contribution in [3.63, 3.8) is 0 Å². The van der Waals surface area contributed by atoms with E-state index in [4.69, 9.17) is 140 Å². The van der Waals surface area contributed by atoms with E-state index >= 15 is 0 Å². The first kappa shape index (κ1) is 128. The van der Waals surface area contributed by atoms with Crippen molar-refractivity contribution >= 4 is 231 Å². The molecule has 127 heavy (non-hydrogen) atoms. The van der Waals surface area contributed by atoms with E-state index in [0.717, 1.165) is 129 Å². The van der Waals surface area contributed by atoms with E-state index in [-0.39, 0.29) is 6.61 Å². The number of unbranched alkanes of at least 4 members (excludes halogenated alkanes) is 2. The molecule has 0 unspecified atom stereocenters. The van der Waals surface area contributed by atoms with Gasteiger partial charge < -0.3 is 131 Å². The second-order valence-electron chi connectivity index (χ2n) is 29.4. The summed E-state index contributed by atoms with van der Waals surface area (Å²) < 4.78 is 0. The lowest BCUT2D eigenvalue weighted by Gasteiger charge is -2.28. The second-order valence-corrected chi connectivity index (χ2v) is 34.2. The highest BCUT2D eigenvalue weighted by Crippen LogP contribution is 2.20. The highest BCUT2D eigenvalue weighted by molar-refractivity contribution is 7.82. The Labute approximate surface area is 833 Å². The van der Waals surface area contributed by atoms with Gasteiger partial charge in [0.15, 0.2) is 61.3 Å². The Morgan fingerprint density at radius 1 is 0.409 bits per heavy atom. The zero-order valence-corrected chi connectivity index (χ0v) is 90.1. The average Bonchev–Trinajstić information content (AvgIpc) is 0.947. The van der Waals surface area contributed by atoms with Crippen LogP contribution in [0.15, 0.2) is 122 Å². The van der Waals surface area contributed by atoms with Gasteiger partial charge in [-0.1, -0.05) is 158 Å². The molecular formula is C90H164N24OS12. The summed E-state index contributed by atoms with van der Waals surface area (Å²) >= 11 is 59.6. The van der Waals surface area contributed by atoms with Gasteiger partial charge in [-0.15, -0.1) is 6.58 Å². The quantitative estimate of drug-likeness (QED) is 0.0176. The fourth-order valence-electron chi connectivity index (χ4n) is 9.81. The number of aliphatic hydroxyl groups excluding tert-OH is 1. The van der Waals surface area contributed by atoms with Gasteiger partial charge in [0.1, 0.15) is 0 Å². The molecule has 0 aromatic heterocycles. The molecule has 0 radical (unpaired) electrons. The van der Waals surface area contributed by atoms with Crippen molar-refractivity contribution in [1.29, 1.82) is 0 Å². The summed E-state index contributed by atoms with van der Waals surface area (Å²) in [4.78, 5) is 5.64. The van der Waals surface area contributed by atoms with Gasteiger partial charge in [-0.05, 0) is 301 Å². The summed E-state index contributed by atoms with van der Waals surface area (Å²) in [6.45, 7) is 37.4. The first-order valence-corrected chi connectivity index (χ1v) is 48.9. The zero-order valence-electron chi connectivity index (χ0n) is 80.3. The molecule has 2 saturated carbocycles. The molecule has 0 atom stereocenters. The van der Waals surface area contributed by atoms with Gasteiger partial charge in [0.2, 0.25) is 0 Å². The van der Waals surface area contributed by atoms with Gasteiger partial charge in [-0.2, -0.15) is 0 Å². The molecule has 4 aromatic rings. The third-order valence-electron chi connectivity index (χ3n) is 16.3. The standard InChI is InChI=1S/C15H16N2S.C13H24N2S.C13H12N2S.C9H20N2S.2C7H16N2S.C6H12N2OS.2C5H12N2S.C4H10N2S.C3H6N2S.C3H8N2S/c1-11-7-3-5-9-13(11)16-15(18)17-14-10-6-4-8-12(14)2;2*16-13(14-11-7-3-1-4-8-11)15-12-9-5-2-6-10-12;1-3-5-7-10-9(12)11-8-6-4-2;1-5(2)8-7(10)9-6(3)4;1-3-5-8-7(10)9-6-4-2;1-2-3-7-6(10)8-4-5-9;1-6(2)5(8)7(3)4;1-3-6-5(8)7-4-2;1-5-4(7)6(2)3;6-3-4-1-2-5-3;1-4-3(6)5-2/h3-10H,1-2H3,(H2,16,17,18);11-12H,1-10H2,(H2,14,15,16);1-10H,(H2,14,15,16);3-8H2,1-2H3,(H2,10,11,12);5-6H,1-4H3,(H2,8,9,10);3-6H2,1-2H3,(H2,8,9,10);2,9H,1,3-5H2,(H2,7,8,10);1-4H3;3-4H2,1-2H3,(H2,6,7,8);1-3H3,(H,5,7);1-2H2,(H2,4,5,6);1-2H3,(H2,4,5,6). The average molecular weight is 1980 g/mol. The van der Waals surface area contributed by atoms with E-state index in [2.05, 4.69) is 212 Å². The Bertz CT molecular complexity index is 3320. The minimum absolute atomic E-state index is 0.0932. The van der Waals surface area contributed by atoms with E-state index in [1.165, 1.54) is 101 Å². The molecule has 3 fully saturated rings. The molecule has 1 heterocycles. The lowest BCUT2D eigenvalue weighted by atomic mass is 9.95. The van der Waals surface area contributed by atoms with Crippen molar-refractivity contribution in [2.45, 2.75) is 210 Å². The predicted molar refractivity (Wildman–Crippen MR) is 605 cm³/mol. The monoisotopic (exact) mass is 1980 g/mol. The molecule has 0 amide bonds. The second kappa shape index (κ2) is 90.8. The zero-order chi connectivity index (χ0) is 96.8. The van der Waals surface area contributed by atoms with E-state index in [9.17, 15) is 0 Å². The highest BCUT2D eigenvalue weighted by Gasteiger charge is 2.18. The first-order valence-electron chi connectivity index (χ1n) is 44.0. The Kier molecular flexibility index (Phi) is 91.8. The number of rotatable bonds is 24. The maximum atomic E-state index is 8.37. The van der Waals surface area contributed by atoms with Gasteiger partial charge in [-0.3, -0.25) is 0 Å². The lowest BCUT2D eigenvalue weighted by molar-refractivity contribution is 0.300. The highest BCUT2D eigenvalue weighted by atomic mass is 32.1. The summed E-state index contributed by atoms with van der Waals surface area (Å²) in [5.41, 5.74) is 6.37. The number of para-hydroxylation sites is 4. The van der Waals surface area contributed by atoms with Crippen molar-refractivity contribution < 1.29 is 5.11 Å². The van der Waals surface area contributed by atoms with E-state index in [1.54, 1.807) is 20.2 Å². The summed E-state index contributed by atoms with van der Waals surface area (Å²) in [6, 6.07) is 37.9. The largest absolute Gasteiger partial charge is 0.395 e. The van der Waals surface area contributed by atoms with Crippen molar-refractivity contribution in [3.05, 3.63) is 133 Å². The molecule has 0 bridgehead atoms. The number of nitrogens with one attached hydrogen (secondary N) is 21. The Balaban J connectivity index is -0.000000433. The number of aryl methyl sites for hydroxylation is 2. The van der Waals surface area contributed by atoms with Crippen LogP contribution in [0.1, 0.15) is 183 Å². The maximum Gasteiger partial charge on any atom is 0.175 e. The fraction of sp³-hybridized carbons (Fsp3) is 0.578. The first-order chi connectivity index (χ1) is 60.5.